The number of hydrogen-bond donors (Lipinski definition) is 2. The van der Waals surface area contributed by atoms with Crippen molar-refractivity contribution in [1.82, 2.24) is 9.80 Å². The summed E-state index contributed by atoms with van der Waals surface area (Å²) >= 11 is 0. The maximum absolute atomic E-state index is 13.4. The van der Waals surface area contributed by atoms with E-state index in [1.165, 1.54) is 6.08 Å². The van der Waals surface area contributed by atoms with Crippen LogP contribution in [0, 0.1) is 0 Å². The number of nitrogens with zero attached hydrogens (tertiary/aromatic N) is 3. The predicted molar refractivity (Wildman–Crippen MR) is 142 cm³/mol. The van der Waals surface area contributed by atoms with Gasteiger partial charge < -0.3 is 20.2 Å². The Morgan fingerprint density at radius 2 is 1.51 bits per heavy atom. The molecule has 37 heavy (non-hydrogen) atoms. The second kappa shape index (κ2) is 10.7. The molecule has 0 spiro atoms. The quantitative estimate of drug-likeness (QED) is 0.489. The van der Waals surface area contributed by atoms with Crippen LogP contribution in [0.5, 0.6) is 0 Å². The van der Waals surface area contributed by atoms with Crippen molar-refractivity contribution in [1.29, 1.82) is 0 Å². The Morgan fingerprint density at radius 3 is 2.22 bits per heavy atom. The monoisotopic (exact) mass is 496 g/mol. The SMILES string of the molecule is O=C(c1ccccc1-c1ccccc1)N1CCN(c2ccc(NC3=CC(=O)N(CCO)C3=O)cc2)CC1. The molecular formula is C29H28N4O4. The van der Waals surface area contributed by atoms with Gasteiger partial charge in [0, 0.05) is 49.2 Å². The Labute approximate surface area is 215 Å². The van der Waals surface area contributed by atoms with Crippen LogP contribution in [-0.4, -0.2) is 72.0 Å². The number of imide groups is 1. The molecule has 2 aliphatic heterocycles. The number of amides is 3. The lowest BCUT2D eigenvalue weighted by molar-refractivity contribution is -0.137. The number of anilines is 2. The van der Waals surface area contributed by atoms with Crippen molar-refractivity contribution in [3.05, 3.63) is 96.2 Å². The summed E-state index contributed by atoms with van der Waals surface area (Å²) in [4.78, 5) is 42.8. The molecule has 1 fully saturated rings. The fourth-order valence-electron chi connectivity index (χ4n) is 4.70. The van der Waals surface area contributed by atoms with Gasteiger partial charge >= 0.3 is 0 Å². The summed E-state index contributed by atoms with van der Waals surface area (Å²) in [7, 11) is 0. The molecule has 8 heteroatoms. The van der Waals surface area contributed by atoms with Gasteiger partial charge in [0.15, 0.2) is 0 Å². The van der Waals surface area contributed by atoms with Crippen LogP contribution in [0.3, 0.4) is 0 Å². The van der Waals surface area contributed by atoms with Gasteiger partial charge in [-0.1, -0.05) is 48.5 Å². The zero-order chi connectivity index (χ0) is 25.8. The Bertz CT molecular complexity index is 1330. The Balaban J connectivity index is 1.20. The Hall–Kier alpha value is -4.43. The minimum Gasteiger partial charge on any atom is -0.395 e. The zero-order valence-electron chi connectivity index (χ0n) is 20.3. The first-order chi connectivity index (χ1) is 18.0. The lowest BCUT2D eigenvalue weighted by Crippen LogP contribution is -2.48. The molecule has 0 aliphatic carbocycles. The van der Waals surface area contributed by atoms with E-state index in [0.717, 1.165) is 21.7 Å². The first-order valence-electron chi connectivity index (χ1n) is 12.3. The largest absolute Gasteiger partial charge is 0.395 e. The maximum Gasteiger partial charge on any atom is 0.277 e. The molecule has 8 nitrogen and oxygen atoms in total. The fourth-order valence-corrected chi connectivity index (χ4v) is 4.70. The Kier molecular flexibility index (Phi) is 7.00. The Morgan fingerprint density at radius 1 is 0.838 bits per heavy atom. The molecule has 0 radical (unpaired) electrons. The number of carbonyl (C=O) groups excluding carboxylic acids is 3. The minimum atomic E-state index is -0.447. The van der Waals surface area contributed by atoms with Gasteiger partial charge in [-0.05, 0) is 41.5 Å². The van der Waals surface area contributed by atoms with Crippen molar-refractivity contribution in [2.75, 3.05) is 49.5 Å². The third-order valence-electron chi connectivity index (χ3n) is 6.65. The molecule has 0 unspecified atom stereocenters. The van der Waals surface area contributed by atoms with E-state index in [4.69, 9.17) is 5.11 Å². The molecule has 2 heterocycles. The number of piperazine rings is 1. The highest BCUT2D eigenvalue weighted by molar-refractivity contribution is 6.17. The van der Waals surface area contributed by atoms with Crippen LogP contribution < -0.4 is 10.2 Å². The summed E-state index contributed by atoms with van der Waals surface area (Å²) in [6, 6.07) is 25.3. The van der Waals surface area contributed by atoms with Crippen molar-refractivity contribution in [3.63, 3.8) is 0 Å². The second-order valence-corrected chi connectivity index (χ2v) is 8.94. The highest BCUT2D eigenvalue weighted by Gasteiger charge is 2.30. The van der Waals surface area contributed by atoms with E-state index in [1.807, 2.05) is 83.8 Å². The van der Waals surface area contributed by atoms with Gasteiger partial charge in [-0.2, -0.15) is 0 Å². The highest BCUT2D eigenvalue weighted by Crippen LogP contribution is 2.26. The van der Waals surface area contributed by atoms with E-state index in [1.54, 1.807) is 0 Å². The van der Waals surface area contributed by atoms with Crippen LogP contribution in [0.15, 0.2) is 90.6 Å². The van der Waals surface area contributed by atoms with Gasteiger partial charge in [0.25, 0.3) is 17.7 Å². The standard InChI is InChI=1S/C29H28N4O4/c34-19-18-33-27(35)20-26(29(33)37)30-22-10-12-23(13-11-22)31-14-16-32(17-15-31)28(36)25-9-5-4-8-24(25)21-6-2-1-3-7-21/h1-13,20,30,34H,14-19H2. The molecule has 3 aromatic rings. The molecule has 1 saturated heterocycles. The summed E-state index contributed by atoms with van der Waals surface area (Å²) in [6.45, 7) is 2.36. The van der Waals surface area contributed by atoms with Crippen LogP contribution in [0.1, 0.15) is 10.4 Å². The molecule has 3 amide bonds. The van der Waals surface area contributed by atoms with Gasteiger partial charge in [0.05, 0.1) is 13.2 Å². The molecule has 0 atom stereocenters. The molecule has 3 aromatic carbocycles. The number of rotatable bonds is 7. The number of hydrogen-bond acceptors (Lipinski definition) is 6. The number of nitrogens with one attached hydrogen (secondary N) is 1. The summed E-state index contributed by atoms with van der Waals surface area (Å²) in [5.41, 5.74) is 4.58. The average Bonchev–Trinajstić information content (AvgIpc) is 3.21. The van der Waals surface area contributed by atoms with Crippen LogP contribution in [-0.2, 0) is 9.59 Å². The predicted octanol–water partition coefficient (Wildman–Crippen LogP) is 2.97. The van der Waals surface area contributed by atoms with Gasteiger partial charge in [0.2, 0.25) is 0 Å². The molecule has 5 rings (SSSR count). The molecule has 2 aliphatic rings. The molecule has 188 valence electrons. The van der Waals surface area contributed by atoms with Crippen LogP contribution in [0.2, 0.25) is 0 Å². The zero-order valence-corrected chi connectivity index (χ0v) is 20.3. The third kappa shape index (κ3) is 5.10. The maximum atomic E-state index is 13.4. The normalized spacial score (nSPS) is 15.7. The first-order valence-corrected chi connectivity index (χ1v) is 12.3. The average molecular weight is 497 g/mol. The van der Waals surface area contributed by atoms with E-state index >= 15 is 0 Å². The molecule has 0 aromatic heterocycles. The lowest BCUT2D eigenvalue weighted by Gasteiger charge is -2.36. The van der Waals surface area contributed by atoms with E-state index in [9.17, 15) is 14.4 Å². The molecule has 2 N–H and O–H groups in total. The molecular weight excluding hydrogens is 468 g/mol. The van der Waals surface area contributed by atoms with Crippen LogP contribution >= 0.6 is 0 Å². The smallest absolute Gasteiger partial charge is 0.277 e. The number of β-amino-alcohol motifs (C(OH)–C–C–N with tert-alkyl or cyclic N) is 1. The number of carbonyl (C=O) groups is 3. The number of aliphatic hydroxyl groups excluding tert-OH is 1. The van der Waals surface area contributed by atoms with Crippen LogP contribution in [0.4, 0.5) is 11.4 Å². The van der Waals surface area contributed by atoms with E-state index in [0.29, 0.717) is 37.4 Å². The van der Waals surface area contributed by atoms with Crippen molar-refractivity contribution in [2.45, 2.75) is 0 Å². The van der Waals surface area contributed by atoms with E-state index in [2.05, 4.69) is 10.2 Å². The minimum absolute atomic E-state index is 0.0232. The second-order valence-electron chi connectivity index (χ2n) is 8.94. The fraction of sp³-hybridized carbons (Fsp3) is 0.207. The molecule has 0 saturated carbocycles. The van der Waals surface area contributed by atoms with Gasteiger partial charge in [-0.15, -0.1) is 0 Å². The summed E-state index contributed by atoms with van der Waals surface area (Å²) in [6.07, 6.45) is 1.25. The van der Waals surface area contributed by atoms with Crippen molar-refractivity contribution < 1.29 is 19.5 Å². The van der Waals surface area contributed by atoms with E-state index in [-0.39, 0.29) is 24.8 Å². The molecule has 0 bridgehead atoms. The van der Waals surface area contributed by atoms with Crippen molar-refractivity contribution in [3.8, 4) is 11.1 Å². The highest BCUT2D eigenvalue weighted by atomic mass is 16.3. The number of benzene rings is 3. The topological polar surface area (TPSA) is 93.2 Å². The lowest BCUT2D eigenvalue weighted by atomic mass is 9.98. The van der Waals surface area contributed by atoms with Gasteiger partial charge in [-0.25, -0.2) is 0 Å². The van der Waals surface area contributed by atoms with Crippen LogP contribution in [0.25, 0.3) is 11.1 Å². The third-order valence-corrected chi connectivity index (χ3v) is 6.65. The van der Waals surface area contributed by atoms with Crippen molar-refractivity contribution in [2.24, 2.45) is 0 Å². The van der Waals surface area contributed by atoms with Gasteiger partial charge in [-0.3, -0.25) is 19.3 Å². The van der Waals surface area contributed by atoms with Gasteiger partial charge in [0.1, 0.15) is 5.70 Å². The summed E-state index contributed by atoms with van der Waals surface area (Å²) in [5, 5.41) is 12.0. The first kappa shape index (κ1) is 24.3. The summed E-state index contributed by atoms with van der Waals surface area (Å²) < 4.78 is 0. The van der Waals surface area contributed by atoms with E-state index < -0.39 is 11.8 Å². The number of aliphatic hydroxyl groups is 1. The summed E-state index contributed by atoms with van der Waals surface area (Å²) in [5.74, 6) is -0.840. The van der Waals surface area contributed by atoms with Crippen molar-refractivity contribution >= 4 is 29.1 Å².